The smallest absolute Gasteiger partial charge is 0.161 e. The Hall–Kier alpha value is -1.50. The first kappa shape index (κ1) is 14.9. The van der Waals surface area contributed by atoms with Gasteiger partial charge in [-0.2, -0.15) is 5.10 Å². The van der Waals surface area contributed by atoms with Crippen LogP contribution in [0.3, 0.4) is 0 Å². The Balaban J connectivity index is 2.13. The molecule has 0 aliphatic carbocycles. The summed E-state index contributed by atoms with van der Waals surface area (Å²) in [6.07, 6.45) is 1.71. The number of aromatic nitrogens is 2. The Morgan fingerprint density at radius 1 is 1.45 bits per heavy atom. The van der Waals surface area contributed by atoms with Crippen molar-refractivity contribution in [2.45, 2.75) is 17.9 Å². The number of hydrogen-bond acceptors (Lipinski definition) is 5. The van der Waals surface area contributed by atoms with Gasteiger partial charge in [-0.3, -0.25) is 16.0 Å². The number of thioether (sulfide) groups is 1. The van der Waals surface area contributed by atoms with Crippen molar-refractivity contribution in [3.8, 4) is 5.75 Å². The van der Waals surface area contributed by atoms with Gasteiger partial charge in [0.25, 0.3) is 0 Å². The SMILES string of the molecule is COc1cnn(C)c1C(CSc1ccccc1C)NN. The van der Waals surface area contributed by atoms with Crippen molar-refractivity contribution in [1.82, 2.24) is 15.2 Å². The van der Waals surface area contributed by atoms with Gasteiger partial charge < -0.3 is 4.74 Å². The summed E-state index contributed by atoms with van der Waals surface area (Å²) in [4.78, 5) is 1.26. The van der Waals surface area contributed by atoms with Crippen LogP contribution in [0, 0.1) is 6.92 Å². The van der Waals surface area contributed by atoms with Gasteiger partial charge in [0.05, 0.1) is 25.0 Å². The van der Waals surface area contributed by atoms with Gasteiger partial charge in [-0.15, -0.1) is 11.8 Å². The monoisotopic (exact) mass is 292 g/mol. The third kappa shape index (κ3) is 3.15. The molecule has 0 saturated carbocycles. The standard InChI is InChI=1S/C14H20N4OS/c1-10-6-4-5-7-13(10)20-9-11(17-15)14-12(19-3)8-16-18(14)2/h4-8,11,17H,9,15H2,1-3H3. The second kappa shape index (κ2) is 6.78. The van der Waals surface area contributed by atoms with E-state index in [1.807, 2.05) is 19.2 Å². The molecule has 1 atom stereocenters. The highest BCUT2D eigenvalue weighted by atomic mass is 32.2. The van der Waals surface area contributed by atoms with E-state index in [1.165, 1.54) is 10.5 Å². The number of nitrogens with zero attached hydrogens (tertiary/aromatic N) is 2. The minimum Gasteiger partial charge on any atom is -0.493 e. The van der Waals surface area contributed by atoms with Crippen molar-refractivity contribution in [1.29, 1.82) is 0 Å². The molecule has 0 radical (unpaired) electrons. The van der Waals surface area contributed by atoms with Gasteiger partial charge >= 0.3 is 0 Å². The van der Waals surface area contributed by atoms with Crippen molar-refractivity contribution in [3.05, 3.63) is 41.7 Å². The van der Waals surface area contributed by atoms with E-state index in [2.05, 4.69) is 29.6 Å². The van der Waals surface area contributed by atoms with Crippen LogP contribution in [0.1, 0.15) is 17.3 Å². The van der Waals surface area contributed by atoms with Gasteiger partial charge in [0, 0.05) is 17.7 Å². The zero-order valence-electron chi connectivity index (χ0n) is 12.0. The van der Waals surface area contributed by atoms with Gasteiger partial charge in [-0.05, 0) is 18.6 Å². The van der Waals surface area contributed by atoms with Crippen LogP contribution < -0.4 is 16.0 Å². The fourth-order valence-corrected chi connectivity index (χ4v) is 3.15. The van der Waals surface area contributed by atoms with Crippen LogP contribution >= 0.6 is 11.8 Å². The maximum absolute atomic E-state index is 5.70. The molecule has 0 aliphatic rings. The number of ether oxygens (including phenoxy) is 1. The summed E-state index contributed by atoms with van der Waals surface area (Å²) >= 11 is 1.77. The highest BCUT2D eigenvalue weighted by Gasteiger charge is 2.20. The van der Waals surface area contributed by atoms with E-state index in [9.17, 15) is 0 Å². The molecule has 0 spiro atoms. The summed E-state index contributed by atoms with van der Waals surface area (Å²) < 4.78 is 7.13. The van der Waals surface area contributed by atoms with Crippen LogP contribution in [0.5, 0.6) is 5.75 Å². The van der Waals surface area contributed by atoms with Crippen LogP contribution in [0.4, 0.5) is 0 Å². The Morgan fingerprint density at radius 2 is 2.20 bits per heavy atom. The van der Waals surface area contributed by atoms with Crippen molar-refractivity contribution < 1.29 is 4.74 Å². The van der Waals surface area contributed by atoms with Crippen molar-refractivity contribution in [2.75, 3.05) is 12.9 Å². The molecule has 1 aromatic carbocycles. The largest absolute Gasteiger partial charge is 0.493 e. The topological polar surface area (TPSA) is 65.1 Å². The molecule has 2 rings (SSSR count). The number of methoxy groups -OCH3 is 1. The molecule has 108 valence electrons. The summed E-state index contributed by atoms with van der Waals surface area (Å²) in [6, 6.07) is 8.29. The first-order valence-corrected chi connectivity index (χ1v) is 7.36. The molecule has 1 aromatic heterocycles. The van der Waals surface area contributed by atoms with E-state index < -0.39 is 0 Å². The molecule has 0 aliphatic heterocycles. The van der Waals surface area contributed by atoms with Crippen LogP contribution in [-0.4, -0.2) is 22.6 Å². The maximum Gasteiger partial charge on any atom is 0.161 e. The number of nitrogens with two attached hydrogens (primary N) is 1. The minimum absolute atomic E-state index is 0.0259. The number of hydrazine groups is 1. The number of benzene rings is 1. The number of nitrogens with one attached hydrogen (secondary N) is 1. The van der Waals surface area contributed by atoms with Crippen molar-refractivity contribution >= 4 is 11.8 Å². The average molecular weight is 292 g/mol. The summed E-state index contributed by atoms with van der Waals surface area (Å²) in [6.45, 7) is 2.11. The molecule has 20 heavy (non-hydrogen) atoms. The fraction of sp³-hybridized carbons (Fsp3) is 0.357. The van der Waals surface area contributed by atoms with E-state index in [0.717, 1.165) is 17.2 Å². The maximum atomic E-state index is 5.70. The van der Waals surface area contributed by atoms with Gasteiger partial charge in [-0.25, -0.2) is 0 Å². The lowest BCUT2D eigenvalue weighted by molar-refractivity contribution is 0.399. The molecular formula is C14H20N4OS. The summed E-state index contributed by atoms with van der Waals surface area (Å²) in [7, 11) is 3.53. The zero-order valence-corrected chi connectivity index (χ0v) is 12.8. The molecule has 0 amide bonds. The summed E-state index contributed by atoms with van der Waals surface area (Å²) in [5.41, 5.74) is 5.07. The average Bonchev–Trinajstić information content (AvgIpc) is 2.83. The highest BCUT2D eigenvalue weighted by Crippen LogP contribution is 2.30. The molecule has 6 heteroatoms. The summed E-state index contributed by atoms with van der Waals surface area (Å²) in [5.74, 6) is 7.25. The van der Waals surface area contributed by atoms with Gasteiger partial charge in [-0.1, -0.05) is 18.2 Å². The second-order valence-corrected chi connectivity index (χ2v) is 5.58. The van der Waals surface area contributed by atoms with E-state index in [4.69, 9.17) is 10.6 Å². The predicted molar refractivity (Wildman–Crippen MR) is 81.7 cm³/mol. The van der Waals surface area contributed by atoms with Crippen molar-refractivity contribution in [2.24, 2.45) is 12.9 Å². The number of hydrogen-bond donors (Lipinski definition) is 2. The Kier molecular flexibility index (Phi) is 5.05. The molecule has 3 N–H and O–H groups in total. The Bertz CT molecular complexity index is 570. The van der Waals surface area contributed by atoms with E-state index in [-0.39, 0.29) is 6.04 Å². The third-order valence-electron chi connectivity index (χ3n) is 3.20. The quantitative estimate of drug-likeness (QED) is 0.484. The zero-order chi connectivity index (χ0) is 14.5. The molecule has 0 saturated heterocycles. The molecule has 0 fully saturated rings. The molecule has 2 aromatic rings. The predicted octanol–water partition coefficient (Wildman–Crippen LogP) is 2.03. The molecule has 1 heterocycles. The lowest BCUT2D eigenvalue weighted by Crippen LogP contribution is -2.31. The van der Waals surface area contributed by atoms with Gasteiger partial charge in [0.15, 0.2) is 5.75 Å². The van der Waals surface area contributed by atoms with E-state index >= 15 is 0 Å². The third-order valence-corrected chi connectivity index (χ3v) is 4.47. The number of aryl methyl sites for hydroxylation is 2. The van der Waals surface area contributed by atoms with E-state index in [0.29, 0.717) is 0 Å². The molecular weight excluding hydrogens is 272 g/mol. The van der Waals surface area contributed by atoms with Crippen LogP contribution in [0.2, 0.25) is 0 Å². The Morgan fingerprint density at radius 3 is 2.85 bits per heavy atom. The Labute approximate surface area is 123 Å². The first-order valence-electron chi connectivity index (χ1n) is 6.37. The fourth-order valence-electron chi connectivity index (χ4n) is 2.08. The number of rotatable bonds is 6. The van der Waals surface area contributed by atoms with E-state index in [1.54, 1.807) is 29.8 Å². The molecule has 5 nitrogen and oxygen atoms in total. The lowest BCUT2D eigenvalue weighted by Gasteiger charge is -2.17. The van der Waals surface area contributed by atoms with Crippen LogP contribution in [-0.2, 0) is 7.05 Å². The lowest BCUT2D eigenvalue weighted by atomic mass is 10.2. The normalized spacial score (nSPS) is 12.4. The first-order chi connectivity index (χ1) is 9.67. The second-order valence-electron chi connectivity index (χ2n) is 4.52. The van der Waals surface area contributed by atoms with Crippen LogP contribution in [0.15, 0.2) is 35.4 Å². The minimum atomic E-state index is -0.0259. The van der Waals surface area contributed by atoms with Gasteiger partial charge in [0.1, 0.15) is 0 Å². The molecule has 1 unspecified atom stereocenters. The highest BCUT2D eigenvalue weighted by molar-refractivity contribution is 7.99. The van der Waals surface area contributed by atoms with Crippen LogP contribution in [0.25, 0.3) is 0 Å². The van der Waals surface area contributed by atoms with Gasteiger partial charge in [0.2, 0.25) is 0 Å². The molecule has 0 bridgehead atoms. The summed E-state index contributed by atoms with van der Waals surface area (Å²) in [5, 5.41) is 4.22. The van der Waals surface area contributed by atoms with Crippen molar-refractivity contribution in [3.63, 3.8) is 0 Å².